The first-order valence-corrected chi connectivity index (χ1v) is 8.22. The molecule has 6 heteroatoms. The van der Waals surface area contributed by atoms with E-state index in [-0.39, 0.29) is 5.91 Å². The normalized spacial score (nSPS) is 23.4. The van der Waals surface area contributed by atoms with E-state index in [1.165, 1.54) is 11.3 Å². The number of aryl methyl sites for hydroxylation is 1. The van der Waals surface area contributed by atoms with E-state index in [1.807, 2.05) is 26.2 Å². The number of aromatic nitrogens is 1. The Hall–Kier alpha value is -1.43. The van der Waals surface area contributed by atoms with Gasteiger partial charge < -0.3 is 10.0 Å². The third-order valence-electron chi connectivity index (χ3n) is 3.71. The third kappa shape index (κ3) is 3.61. The summed E-state index contributed by atoms with van der Waals surface area (Å²) in [6.07, 6.45) is 1.58. The van der Waals surface area contributed by atoms with Crippen LogP contribution in [0.4, 0.5) is 0 Å². The zero-order chi connectivity index (χ0) is 15.6. The molecular formula is C15H22N2O3S. The molecule has 1 N–H and O–H groups in total. The highest BCUT2D eigenvalue weighted by atomic mass is 32.1. The molecule has 0 bridgehead atoms. The Morgan fingerprint density at radius 1 is 1.57 bits per heavy atom. The van der Waals surface area contributed by atoms with Gasteiger partial charge in [-0.05, 0) is 25.7 Å². The van der Waals surface area contributed by atoms with Crippen LogP contribution in [0.15, 0.2) is 5.38 Å². The molecule has 1 aromatic heterocycles. The van der Waals surface area contributed by atoms with Gasteiger partial charge in [0.1, 0.15) is 5.01 Å². The van der Waals surface area contributed by atoms with Crippen molar-refractivity contribution < 1.29 is 14.7 Å². The highest BCUT2D eigenvalue weighted by molar-refractivity contribution is 7.09. The van der Waals surface area contributed by atoms with Gasteiger partial charge >= 0.3 is 5.97 Å². The van der Waals surface area contributed by atoms with E-state index in [4.69, 9.17) is 0 Å². The fourth-order valence-electron chi connectivity index (χ4n) is 2.83. The fraction of sp³-hybridized carbons (Fsp3) is 0.667. The van der Waals surface area contributed by atoms with Crippen LogP contribution < -0.4 is 0 Å². The smallest absolute Gasteiger partial charge is 0.309 e. The van der Waals surface area contributed by atoms with Crippen LogP contribution in [0.25, 0.3) is 0 Å². The lowest BCUT2D eigenvalue weighted by molar-refractivity contribution is -0.146. The number of rotatable bonds is 4. The van der Waals surface area contributed by atoms with Crippen LogP contribution in [-0.4, -0.2) is 33.4 Å². The summed E-state index contributed by atoms with van der Waals surface area (Å²) in [5.41, 5.74) is 0.875. The summed E-state index contributed by atoms with van der Waals surface area (Å²) in [4.78, 5) is 30.3. The number of carboxylic acid groups (broad SMARTS) is 1. The largest absolute Gasteiger partial charge is 0.481 e. The summed E-state index contributed by atoms with van der Waals surface area (Å²) in [6, 6.07) is -0.432. The van der Waals surface area contributed by atoms with Gasteiger partial charge in [0.05, 0.1) is 12.0 Å². The van der Waals surface area contributed by atoms with Crippen molar-refractivity contribution in [1.82, 2.24) is 9.88 Å². The number of hydrogen-bond donors (Lipinski definition) is 1. The van der Waals surface area contributed by atoms with Gasteiger partial charge in [-0.1, -0.05) is 13.8 Å². The van der Waals surface area contributed by atoms with Crippen LogP contribution in [0.5, 0.6) is 0 Å². The Kier molecular flexibility index (Phi) is 4.98. The molecule has 0 radical (unpaired) electrons. The summed E-state index contributed by atoms with van der Waals surface area (Å²) in [5.74, 6) is -1.06. The monoisotopic (exact) mass is 310 g/mol. The molecule has 0 saturated carbocycles. The zero-order valence-corrected chi connectivity index (χ0v) is 13.5. The first kappa shape index (κ1) is 15.9. The summed E-state index contributed by atoms with van der Waals surface area (Å²) in [7, 11) is 0. The van der Waals surface area contributed by atoms with Gasteiger partial charge in [0.15, 0.2) is 0 Å². The molecule has 1 amide bonds. The first-order valence-electron chi connectivity index (χ1n) is 7.34. The highest BCUT2D eigenvalue weighted by Crippen LogP contribution is 2.37. The second-order valence-electron chi connectivity index (χ2n) is 6.05. The SMILES string of the molecule is Cc1csc(C2C(C(=O)O)CCCC(=O)N2CC(C)C)n1. The van der Waals surface area contributed by atoms with Gasteiger partial charge in [-0.15, -0.1) is 11.3 Å². The van der Waals surface area contributed by atoms with Gasteiger partial charge in [0, 0.05) is 24.0 Å². The summed E-state index contributed by atoms with van der Waals surface area (Å²) in [5, 5.41) is 12.2. The molecule has 2 rings (SSSR count). The van der Waals surface area contributed by atoms with Crippen LogP contribution in [-0.2, 0) is 9.59 Å². The highest BCUT2D eigenvalue weighted by Gasteiger charge is 2.40. The van der Waals surface area contributed by atoms with E-state index < -0.39 is 17.9 Å². The summed E-state index contributed by atoms with van der Waals surface area (Å²) < 4.78 is 0. The van der Waals surface area contributed by atoms with Crippen molar-refractivity contribution in [2.24, 2.45) is 11.8 Å². The summed E-state index contributed by atoms with van der Waals surface area (Å²) in [6.45, 7) is 6.54. The average molecular weight is 310 g/mol. The van der Waals surface area contributed by atoms with Crippen molar-refractivity contribution in [3.8, 4) is 0 Å². The number of likely N-dealkylation sites (tertiary alicyclic amines) is 1. The minimum atomic E-state index is -0.837. The average Bonchev–Trinajstić information content (AvgIpc) is 2.74. The number of carboxylic acids is 1. The van der Waals surface area contributed by atoms with E-state index in [2.05, 4.69) is 4.98 Å². The maximum Gasteiger partial charge on any atom is 0.309 e. The Bertz CT molecular complexity index is 527. The minimum Gasteiger partial charge on any atom is -0.481 e. The molecule has 1 aliphatic rings. The topological polar surface area (TPSA) is 70.5 Å². The second-order valence-corrected chi connectivity index (χ2v) is 6.94. The molecule has 1 fully saturated rings. The molecule has 116 valence electrons. The maximum absolute atomic E-state index is 12.4. The number of hydrogen-bond acceptors (Lipinski definition) is 4. The van der Waals surface area contributed by atoms with E-state index in [1.54, 1.807) is 4.90 Å². The van der Waals surface area contributed by atoms with Crippen LogP contribution in [0.3, 0.4) is 0 Å². The molecular weight excluding hydrogens is 288 g/mol. The molecule has 2 atom stereocenters. The Labute approximate surface area is 129 Å². The maximum atomic E-state index is 12.4. The third-order valence-corrected chi connectivity index (χ3v) is 4.75. The number of carbonyl (C=O) groups is 2. The number of aliphatic carboxylic acids is 1. The number of carbonyl (C=O) groups excluding carboxylic acids is 1. The number of amides is 1. The van der Waals surface area contributed by atoms with E-state index in [0.717, 1.165) is 10.7 Å². The molecule has 1 saturated heterocycles. The van der Waals surface area contributed by atoms with Crippen molar-refractivity contribution >= 4 is 23.2 Å². The minimum absolute atomic E-state index is 0.0466. The Morgan fingerprint density at radius 3 is 2.81 bits per heavy atom. The fourth-order valence-corrected chi connectivity index (χ4v) is 3.80. The van der Waals surface area contributed by atoms with Crippen molar-refractivity contribution in [2.75, 3.05) is 6.54 Å². The van der Waals surface area contributed by atoms with Crippen LogP contribution in [0.2, 0.25) is 0 Å². The number of thiazole rings is 1. The molecule has 0 aromatic carbocycles. The molecule has 0 spiro atoms. The lowest BCUT2D eigenvalue weighted by Gasteiger charge is -2.33. The van der Waals surface area contributed by atoms with Gasteiger partial charge in [0.2, 0.25) is 5.91 Å². The van der Waals surface area contributed by atoms with E-state index in [9.17, 15) is 14.7 Å². The van der Waals surface area contributed by atoms with Crippen molar-refractivity contribution in [1.29, 1.82) is 0 Å². The first-order chi connectivity index (χ1) is 9.90. The molecule has 0 aliphatic carbocycles. The molecule has 2 heterocycles. The van der Waals surface area contributed by atoms with Crippen LogP contribution >= 0.6 is 11.3 Å². The van der Waals surface area contributed by atoms with Gasteiger partial charge in [0.25, 0.3) is 0 Å². The Balaban J connectivity index is 2.43. The molecule has 2 unspecified atom stereocenters. The standard InChI is InChI=1S/C15H22N2O3S/c1-9(2)7-17-12(18)6-4-5-11(15(19)20)13(17)14-16-10(3)8-21-14/h8-9,11,13H,4-7H2,1-3H3,(H,19,20). The van der Waals surface area contributed by atoms with E-state index in [0.29, 0.717) is 31.7 Å². The quantitative estimate of drug-likeness (QED) is 0.928. The molecule has 21 heavy (non-hydrogen) atoms. The van der Waals surface area contributed by atoms with Crippen LogP contribution in [0, 0.1) is 18.8 Å². The Morgan fingerprint density at radius 2 is 2.29 bits per heavy atom. The van der Waals surface area contributed by atoms with Gasteiger partial charge in [-0.3, -0.25) is 9.59 Å². The van der Waals surface area contributed by atoms with Crippen molar-refractivity contribution in [3.63, 3.8) is 0 Å². The lowest BCUT2D eigenvalue weighted by Crippen LogP contribution is -2.41. The molecule has 5 nitrogen and oxygen atoms in total. The second kappa shape index (κ2) is 6.56. The molecule has 1 aromatic rings. The summed E-state index contributed by atoms with van der Waals surface area (Å²) >= 11 is 1.45. The van der Waals surface area contributed by atoms with Crippen LogP contribution in [0.1, 0.15) is 49.9 Å². The predicted octanol–water partition coefficient (Wildman–Crippen LogP) is 2.86. The van der Waals surface area contributed by atoms with Gasteiger partial charge in [-0.25, -0.2) is 4.98 Å². The van der Waals surface area contributed by atoms with Gasteiger partial charge in [-0.2, -0.15) is 0 Å². The van der Waals surface area contributed by atoms with Crippen molar-refractivity contribution in [2.45, 2.75) is 46.1 Å². The number of nitrogens with zero attached hydrogens (tertiary/aromatic N) is 2. The molecule has 1 aliphatic heterocycles. The van der Waals surface area contributed by atoms with E-state index >= 15 is 0 Å². The zero-order valence-electron chi connectivity index (χ0n) is 12.7. The van der Waals surface area contributed by atoms with Crippen molar-refractivity contribution in [3.05, 3.63) is 16.1 Å². The predicted molar refractivity (Wildman–Crippen MR) is 81.1 cm³/mol. The lowest BCUT2D eigenvalue weighted by atomic mass is 9.94.